The van der Waals surface area contributed by atoms with Crippen LogP contribution in [0.5, 0.6) is 5.75 Å². The van der Waals surface area contributed by atoms with Crippen molar-refractivity contribution in [3.05, 3.63) is 53.0 Å². The van der Waals surface area contributed by atoms with E-state index in [0.717, 1.165) is 22.3 Å². The first kappa shape index (κ1) is 20.8. The SMILES string of the molecule is Oc1ccc2scnc2c1N1CCN(Cc2cccc(C(F)(F)C(F)(F)F)c2)CC1. The quantitative estimate of drug-likeness (QED) is 0.578. The number of benzene rings is 2. The molecule has 4 nitrogen and oxygen atoms in total. The van der Waals surface area contributed by atoms with E-state index >= 15 is 0 Å². The fourth-order valence-electron chi connectivity index (χ4n) is 3.63. The van der Waals surface area contributed by atoms with E-state index in [0.29, 0.717) is 37.4 Å². The molecule has 1 aliphatic rings. The number of aromatic nitrogens is 1. The Labute approximate surface area is 173 Å². The highest BCUT2D eigenvalue weighted by Gasteiger charge is 2.58. The number of phenolic OH excluding ortho intramolecular Hbond substituents is 1. The molecular weight excluding hydrogens is 425 g/mol. The van der Waals surface area contributed by atoms with Crippen LogP contribution in [-0.4, -0.2) is 47.3 Å². The van der Waals surface area contributed by atoms with Crippen LogP contribution in [0, 0.1) is 0 Å². The Bertz CT molecular complexity index is 1040. The van der Waals surface area contributed by atoms with Crippen LogP contribution >= 0.6 is 11.3 Å². The van der Waals surface area contributed by atoms with Crippen molar-refractivity contribution in [2.45, 2.75) is 18.6 Å². The van der Waals surface area contributed by atoms with E-state index in [1.54, 1.807) is 17.6 Å². The Morgan fingerprint density at radius 2 is 1.73 bits per heavy atom. The molecule has 1 saturated heterocycles. The number of piperazine rings is 1. The summed E-state index contributed by atoms with van der Waals surface area (Å²) in [7, 11) is 0. The summed E-state index contributed by atoms with van der Waals surface area (Å²) in [4.78, 5) is 8.34. The number of hydrogen-bond acceptors (Lipinski definition) is 5. The lowest BCUT2D eigenvalue weighted by Crippen LogP contribution is -2.46. The topological polar surface area (TPSA) is 39.6 Å². The summed E-state index contributed by atoms with van der Waals surface area (Å²) in [6, 6.07) is 7.93. The van der Waals surface area contributed by atoms with Crippen LogP contribution in [0.15, 0.2) is 41.9 Å². The largest absolute Gasteiger partial charge is 0.506 e. The molecule has 1 aliphatic heterocycles. The van der Waals surface area contributed by atoms with Crippen LogP contribution < -0.4 is 4.90 Å². The van der Waals surface area contributed by atoms with Crippen molar-refractivity contribution in [2.24, 2.45) is 0 Å². The summed E-state index contributed by atoms with van der Waals surface area (Å²) in [6.07, 6.45) is -5.63. The van der Waals surface area contributed by atoms with Crippen molar-refractivity contribution in [1.29, 1.82) is 0 Å². The van der Waals surface area contributed by atoms with Gasteiger partial charge in [0.25, 0.3) is 0 Å². The number of hydrogen-bond donors (Lipinski definition) is 1. The van der Waals surface area contributed by atoms with Gasteiger partial charge in [0.2, 0.25) is 0 Å². The van der Waals surface area contributed by atoms with Gasteiger partial charge in [-0.25, -0.2) is 4.98 Å². The minimum atomic E-state index is -5.63. The van der Waals surface area contributed by atoms with Crippen molar-refractivity contribution < 1.29 is 27.1 Å². The molecule has 4 rings (SSSR count). The van der Waals surface area contributed by atoms with Crippen molar-refractivity contribution in [3.63, 3.8) is 0 Å². The Balaban J connectivity index is 1.45. The van der Waals surface area contributed by atoms with Gasteiger partial charge >= 0.3 is 12.1 Å². The van der Waals surface area contributed by atoms with Crippen molar-refractivity contribution >= 4 is 27.2 Å². The normalized spacial score (nSPS) is 16.4. The van der Waals surface area contributed by atoms with Crippen LogP contribution in [0.1, 0.15) is 11.1 Å². The highest BCUT2D eigenvalue weighted by atomic mass is 32.1. The van der Waals surface area contributed by atoms with Gasteiger partial charge in [-0.1, -0.05) is 18.2 Å². The molecule has 0 amide bonds. The fourth-order valence-corrected chi connectivity index (χ4v) is 4.31. The fraction of sp³-hybridized carbons (Fsp3) is 0.350. The zero-order valence-corrected chi connectivity index (χ0v) is 16.5. The molecule has 0 atom stereocenters. The molecule has 10 heteroatoms. The van der Waals surface area contributed by atoms with E-state index in [9.17, 15) is 27.1 Å². The lowest BCUT2D eigenvalue weighted by Gasteiger charge is -2.36. The van der Waals surface area contributed by atoms with E-state index < -0.39 is 17.7 Å². The summed E-state index contributed by atoms with van der Waals surface area (Å²) in [5.41, 5.74) is 2.46. The number of nitrogens with zero attached hydrogens (tertiary/aromatic N) is 3. The number of thiazole rings is 1. The number of phenols is 1. The second kappa shape index (κ2) is 7.66. The third kappa shape index (κ3) is 3.81. The molecule has 0 bridgehead atoms. The minimum absolute atomic E-state index is 0.143. The first-order chi connectivity index (χ1) is 14.2. The van der Waals surface area contributed by atoms with Crippen LogP contribution in [-0.2, 0) is 12.5 Å². The van der Waals surface area contributed by atoms with Gasteiger partial charge in [-0.15, -0.1) is 11.3 Å². The highest BCUT2D eigenvalue weighted by molar-refractivity contribution is 7.16. The van der Waals surface area contributed by atoms with Crippen molar-refractivity contribution in [1.82, 2.24) is 9.88 Å². The summed E-state index contributed by atoms with van der Waals surface area (Å²) in [5, 5.41) is 10.3. The molecule has 2 aromatic carbocycles. The maximum absolute atomic E-state index is 13.6. The molecule has 1 N–H and O–H groups in total. The van der Waals surface area contributed by atoms with Gasteiger partial charge in [0.15, 0.2) is 0 Å². The van der Waals surface area contributed by atoms with E-state index in [1.807, 2.05) is 15.9 Å². The zero-order chi connectivity index (χ0) is 21.5. The lowest BCUT2D eigenvalue weighted by atomic mass is 10.0. The van der Waals surface area contributed by atoms with Gasteiger partial charge in [0.1, 0.15) is 17.0 Å². The van der Waals surface area contributed by atoms with Crippen LogP contribution in [0.2, 0.25) is 0 Å². The first-order valence-corrected chi connectivity index (χ1v) is 10.1. The molecule has 1 aromatic heterocycles. The molecular formula is C20H18F5N3OS. The predicted molar refractivity (Wildman–Crippen MR) is 105 cm³/mol. The summed E-state index contributed by atoms with van der Waals surface area (Å²) < 4.78 is 66.1. The van der Waals surface area contributed by atoms with Gasteiger partial charge in [0.05, 0.1) is 10.2 Å². The Morgan fingerprint density at radius 3 is 2.43 bits per heavy atom. The molecule has 2 heterocycles. The molecule has 3 aromatic rings. The molecule has 0 aliphatic carbocycles. The standard InChI is InChI=1S/C20H18F5N3OS/c21-19(22,20(23,24)25)14-3-1-2-13(10-14)11-27-6-8-28(9-7-27)18-15(29)4-5-16-17(18)26-12-30-16/h1-5,10,12,29H,6-9,11H2. The van der Waals surface area contributed by atoms with Gasteiger partial charge in [-0.2, -0.15) is 22.0 Å². The highest BCUT2D eigenvalue weighted by Crippen LogP contribution is 2.44. The Morgan fingerprint density at radius 1 is 1.00 bits per heavy atom. The monoisotopic (exact) mass is 443 g/mol. The molecule has 0 saturated carbocycles. The maximum Gasteiger partial charge on any atom is 0.458 e. The number of rotatable bonds is 4. The Kier molecular flexibility index (Phi) is 5.31. The van der Waals surface area contributed by atoms with Crippen LogP contribution in [0.4, 0.5) is 27.6 Å². The number of halogens is 5. The summed E-state index contributed by atoms with van der Waals surface area (Å²) in [6.45, 7) is 2.55. The molecule has 0 spiro atoms. The maximum atomic E-state index is 13.6. The molecule has 160 valence electrons. The average Bonchev–Trinajstić information content (AvgIpc) is 3.17. The molecule has 1 fully saturated rings. The van der Waals surface area contributed by atoms with E-state index in [-0.39, 0.29) is 12.3 Å². The summed E-state index contributed by atoms with van der Waals surface area (Å²) in [5.74, 6) is -4.74. The van der Waals surface area contributed by atoms with Gasteiger partial charge in [-0.05, 0) is 23.8 Å². The van der Waals surface area contributed by atoms with E-state index in [1.165, 1.54) is 17.4 Å². The van der Waals surface area contributed by atoms with Crippen LogP contribution in [0.3, 0.4) is 0 Å². The predicted octanol–water partition coefficient (Wildman–Crippen LogP) is 4.98. The minimum Gasteiger partial charge on any atom is -0.506 e. The van der Waals surface area contributed by atoms with Crippen molar-refractivity contribution in [2.75, 3.05) is 31.1 Å². The van der Waals surface area contributed by atoms with E-state index in [2.05, 4.69) is 4.98 Å². The number of aromatic hydroxyl groups is 1. The number of anilines is 1. The second-order valence-electron chi connectivity index (χ2n) is 7.17. The number of fused-ring (bicyclic) bond motifs is 1. The van der Waals surface area contributed by atoms with E-state index in [4.69, 9.17) is 0 Å². The second-order valence-corrected chi connectivity index (χ2v) is 8.05. The van der Waals surface area contributed by atoms with Gasteiger partial charge < -0.3 is 10.0 Å². The summed E-state index contributed by atoms with van der Waals surface area (Å²) >= 11 is 1.48. The van der Waals surface area contributed by atoms with Gasteiger partial charge in [0, 0.05) is 38.3 Å². The van der Waals surface area contributed by atoms with Crippen LogP contribution in [0.25, 0.3) is 10.2 Å². The molecule has 0 radical (unpaired) electrons. The van der Waals surface area contributed by atoms with Crippen molar-refractivity contribution in [3.8, 4) is 5.75 Å². The van der Waals surface area contributed by atoms with Gasteiger partial charge in [-0.3, -0.25) is 4.90 Å². The average molecular weight is 443 g/mol. The third-order valence-corrected chi connectivity index (χ3v) is 5.99. The Hall–Kier alpha value is -2.46. The zero-order valence-electron chi connectivity index (χ0n) is 15.7. The number of alkyl halides is 5. The molecule has 0 unspecified atom stereocenters. The molecule has 30 heavy (non-hydrogen) atoms. The lowest BCUT2D eigenvalue weighted by molar-refractivity contribution is -0.289. The third-order valence-electron chi connectivity index (χ3n) is 5.19. The smallest absolute Gasteiger partial charge is 0.458 e. The first-order valence-electron chi connectivity index (χ1n) is 9.23.